The highest BCUT2D eigenvalue weighted by atomic mass is 35.5. The fourth-order valence-electron chi connectivity index (χ4n) is 2.27. The van der Waals surface area contributed by atoms with Crippen LogP contribution in [0.3, 0.4) is 0 Å². The molecule has 0 radical (unpaired) electrons. The number of fused-ring (bicyclic) bond motifs is 1. The van der Waals surface area contributed by atoms with E-state index in [1.807, 2.05) is 30.3 Å². The van der Waals surface area contributed by atoms with Gasteiger partial charge in [-0.2, -0.15) is 0 Å². The second-order valence-corrected chi connectivity index (χ2v) is 5.01. The molecule has 0 saturated heterocycles. The van der Waals surface area contributed by atoms with Crippen molar-refractivity contribution >= 4 is 40.7 Å². The van der Waals surface area contributed by atoms with Gasteiger partial charge < -0.3 is 10.8 Å². The molecule has 0 aliphatic rings. The summed E-state index contributed by atoms with van der Waals surface area (Å²) in [5.41, 5.74) is 6.23. The first-order chi connectivity index (χ1) is 9.93. The number of rotatable bonds is 4. The number of hydrogen-bond acceptors (Lipinski definition) is 3. The van der Waals surface area contributed by atoms with E-state index in [-0.39, 0.29) is 12.4 Å². The maximum absolute atomic E-state index is 12.4. The predicted octanol–water partition coefficient (Wildman–Crippen LogP) is 2.41. The molecule has 0 unspecified atom stereocenters. The van der Waals surface area contributed by atoms with E-state index < -0.39 is 24.0 Å². The van der Waals surface area contributed by atoms with Crippen LogP contribution in [0.5, 0.6) is 0 Å². The van der Waals surface area contributed by atoms with E-state index in [2.05, 4.69) is 0 Å². The average molecular weight is 323 g/mol. The molecule has 6 heteroatoms. The van der Waals surface area contributed by atoms with Crippen LogP contribution in [0, 0.1) is 0 Å². The molecule has 5 nitrogen and oxygen atoms in total. The molecule has 0 fully saturated rings. The summed E-state index contributed by atoms with van der Waals surface area (Å²) in [5.74, 6) is -1.49. The first-order valence-electron chi connectivity index (χ1n) is 6.72. The molecule has 118 valence electrons. The Labute approximate surface area is 135 Å². The van der Waals surface area contributed by atoms with Gasteiger partial charge in [0.2, 0.25) is 5.91 Å². The Morgan fingerprint density at radius 1 is 1.09 bits per heavy atom. The fourth-order valence-corrected chi connectivity index (χ4v) is 2.27. The zero-order chi connectivity index (χ0) is 15.6. The lowest BCUT2D eigenvalue weighted by Gasteiger charge is -2.29. The maximum Gasteiger partial charge on any atom is 0.326 e. The molecular weight excluding hydrogens is 304 g/mol. The number of aliphatic carboxylic acids is 1. The minimum atomic E-state index is -1.07. The van der Waals surface area contributed by atoms with Crippen LogP contribution in [0.1, 0.15) is 13.8 Å². The predicted molar refractivity (Wildman–Crippen MR) is 89.4 cm³/mol. The number of nitrogens with zero attached hydrogens (tertiary/aromatic N) is 1. The standard InChI is InChI=1S/C16H18N2O3.ClH/c1-10(17)15(19)18(11(2)16(20)21)14-9-5-7-12-6-3-4-8-13(12)14;/h3-11H,17H2,1-2H3,(H,20,21);1H/t10-,11-;/m0./s1. The monoisotopic (exact) mass is 322 g/mol. The summed E-state index contributed by atoms with van der Waals surface area (Å²) in [6.07, 6.45) is 0. The van der Waals surface area contributed by atoms with Crippen LogP contribution >= 0.6 is 12.4 Å². The lowest BCUT2D eigenvalue weighted by atomic mass is 10.1. The summed E-state index contributed by atoms with van der Waals surface area (Å²) < 4.78 is 0. The van der Waals surface area contributed by atoms with Gasteiger partial charge in [-0.3, -0.25) is 9.69 Å². The number of amides is 1. The Morgan fingerprint density at radius 2 is 1.68 bits per heavy atom. The van der Waals surface area contributed by atoms with Crippen molar-refractivity contribution < 1.29 is 14.7 Å². The Morgan fingerprint density at radius 3 is 2.27 bits per heavy atom. The molecule has 0 aliphatic carbocycles. The smallest absolute Gasteiger partial charge is 0.326 e. The molecule has 2 aromatic carbocycles. The third-order valence-corrected chi connectivity index (χ3v) is 3.40. The van der Waals surface area contributed by atoms with Gasteiger partial charge in [0, 0.05) is 5.39 Å². The van der Waals surface area contributed by atoms with Crippen molar-refractivity contribution in [2.24, 2.45) is 5.73 Å². The van der Waals surface area contributed by atoms with Crippen molar-refractivity contribution in [2.45, 2.75) is 25.9 Å². The van der Waals surface area contributed by atoms with Gasteiger partial charge in [-0.1, -0.05) is 36.4 Å². The molecule has 0 heterocycles. The minimum Gasteiger partial charge on any atom is -0.480 e. The highest BCUT2D eigenvalue weighted by Crippen LogP contribution is 2.28. The van der Waals surface area contributed by atoms with Crippen molar-refractivity contribution in [1.29, 1.82) is 0 Å². The number of hydrogen-bond donors (Lipinski definition) is 2. The van der Waals surface area contributed by atoms with Gasteiger partial charge in [0.05, 0.1) is 11.7 Å². The van der Waals surface area contributed by atoms with Gasteiger partial charge in [0.25, 0.3) is 0 Å². The molecule has 0 spiro atoms. The highest BCUT2D eigenvalue weighted by molar-refractivity contribution is 6.08. The molecule has 0 bridgehead atoms. The molecular formula is C16H19ClN2O3. The third kappa shape index (κ3) is 3.37. The molecule has 0 aromatic heterocycles. The van der Waals surface area contributed by atoms with Crippen LogP contribution < -0.4 is 10.6 Å². The van der Waals surface area contributed by atoms with E-state index in [0.29, 0.717) is 5.69 Å². The average Bonchev–Trinajstić information content (AvgIpc) is 2.47. The number of anilines is 1. The molecule has 22 heavy (non-hydrogen) atoms. The third-order valence-electron chi connectivity index (χ3n) is 3.40. The summed E-state index contributed by atoms with van der Waals surface area (Å²) in [7, 11) is 0. The van der Waals surface area contributed by atoms with Gasteiger partial charge >= 0.3 is 5.97 Å². The van der Waals surface area contributed by atoms with Crippen LogP contribution in [-0.2, 0) is 9.59 Å². The first kappa shape index (κ1) is 17.9. The van der Waals surface area contributed by atoms with Crippen LogP contribution in [0.4, 0.5) is 5.69 Å². The SMILES string of the molecule is C[C@H](N)C(=O)N(c1cccc2ccccc12)[C@@H](C)C(=O)O.Cl. The van der Waals surface area contributed by atoms with Gasteiger partial charge in [-0.15, -0.1) is 12.4 Å². The summed E-state index contributed by atoms with van der Waals surface area (Å²) in [6.45, 7) is 3.03. The number of carbonyl (C=O) groups is 2. The van der Waals surface area contributed by atoms with Crippen molar-refractivity contribution in [3.05, 3.63) is 42.5 Å². The van der Waals surface area contributed by atoms with Gasteiger partial charge in [-0.05, 0) is 25.3 Å². The summed E-state index contributed by atoms with van der Waals surface area (Å²) >= 11 is 0. The quantitative estimate of drug-likeness (QED) is 0.905. The fraction of sp³-hybridized carbons (Fsp3) is 0.250. The number of benzene rings is 2. The van der Waals surface area contributed by atoms with Gasteiger partial charge in [0.1, 0.15) is 6.04 Å². The molecule has 2 atom stereocenters. The van der Waals surface area contributed by atoms with E-state index in [1.165, 1.54) is 11.8 Å². The second-order valence-electron chi connectivity index (χ2n) is 5.01. The number of carbonyl (C=O) groups excluding carboxylic acids is 1. The topological polar surface area (TPSA) is 83.6 Å². The van der Waals surface area contributed by atoms with E-state index in [0.717, 1.165) is 10.8 Å². The number of nitrogens with two attached hydrogens (primary N) is 1. The molecule has 0 aliphatic heterocycles. The van der Waals surface area contributed by atoms with E-state index in [9.17, 15) is 14.7 Å². The first-order valence-corrected chi connectivity index (χ1v) is 6.72. The summed E-state index contributed by atoms with van der Waals surface area (Å²) in [6, 6.07) is 11.2. The molecule has 2 aromatic rings. The second kappa shape index (κ2) is 7.24. The molecule has 0 saturated carbocycles. The van der Waals surface area contributed by atoms with Crippen molar-refractivity contribution in [1.82, 2.24) is 0 Å². The Balaban J connectivity index is 0.00000242. The number of carboxylic acids is 1. The molecule has 2 rings (SSSR count). The van der Waals surface area contributed by atoms with Crippen molar-refractivity contribution in [3.8, 4) is 0 Å². The Kier molecular flexibility index (Phi) is 5.91. The van der Waals surface area contributed by atoms with E-state index in [1.54, 1.807) is 19.1 Å². The molecule has 3 N–H and O–H groups in total. The van der Waals surface area contributed by atoms with Crippen LogP contribution in [0.15, 0.2) is 42.5 Å². The van der Waals surface area contributed by atoms with Gasteiger partial charge in [0.15, 0.2) is 0 Å². The Bertz CT molecular complexity index is 683. The lowest BCUT2D eigenvalue weighted by molar-refractivity contribution is -0.139. The Hall–Kier alpha value is -2.11. The van der Waals surface area contributed by atoms with Crippen LogP contribution in [-0.4, -0.2) is 29.1 Å². The maximum atomic E-state index is 12.4. The van der Waals surface area contributed by atoms with Crippen LogP contribution in [0.2, 0.25) is 0 Å². The van der Waals surface area contributed by atoms with Crippen LogP contribution in [0.25, 0.3) is 10.8 Å². The minimum absolute atomic E-state index is 0. The molecule has 1 amide bonds. The van der Waals surface area contributed by atoms with E-state index in [4.69, 9.17) is 5.73 Å². The number of carboxylic acid groups (broad SMARTS) is 1. The van der Waals surface area contributed by atoms with E-state index >= 15 is 0 Å². The lowest BCUT2D eigenvalue weighted by Crippen LogP contribution is -2.49. The van der Waals surface area contributed by atoms with Crippen molar-refractivity contribution in [2.75, 3.05) is 4.90 Å². The largest absolute Gasteiger partial charge is 0.480 e. The van der Waals surface area contributed by atoms with Gasteiger partial charge in [-0.25, -0.2) is 4.79 Å². The normalized spacial score (nSPS) is 13.0. The summed E-state index contributed by atoms with van der Waals surface area (Å²) in [4.78, 5) is 25.0. The summed E-state index contributed by atoms with van der Waals surface area (Å²) in [5, 5.41) is 11.0. The highest BCUT2D eigenvalue weighted by Gasteiger charge is 2.29. The number of halogens is 1. The van der Waals surface area contributed by atoms with Crippen molar-refractivity contribution in [3.63, 3.8) is 0 Å². The zero-order valence-corrected chi connectivity index (χ0v) is 13.2. The zero-order valence-electron chi connectivity index (χ0n) is 12.4.